The van der Waals surface area contributed by atoms with Gasteiger partial charge in [-0.1, -0.05) is 50.7 Å². The zero-order chi connectivity index (χ0) is 12.2. The first-order valence-electron chi connectivity index (χ1n) is 4.65. The lowest BCUT2D eigenvalue weighted by Gasteiger charge is -2.30. The average molecular weight is 351 g/mol. The van der Waals surface area contributed by atoms with Gasteiger partial charge < -0.3 is 9.64 Å². The molecule has 0 N–H and O–H groups in total. The fourth-order valence-electron chi connectivity index (χ4n) is 1.30. The van der Waals surface area contributed by atoms with Crippen LogP contribution in [0, 0.1) is 0 Å². The van der Waals surface area contributed by atoms with E-state index in [0.29, 0.717) is 18.5 Å². The molecule has 0 saturated carbocycles. The summed E-state index contributed by atoms with van der Waals surface area (Å²) in [5.41, 5.74) is 0.805. The van der Waals surface area contributed by atoms with Gasteiger partial charge >= 0.3 is 0 Å². The van der Waals surface area contributed by atoms with Gasteiger partial charge in [0.25, 0.3) is 3.79 Å². The second-order valence-corrected chi connectivity index (χ2v) is 6.07. The van der Waals surface area contributed by atoms with E-state index < -0.39 is 9.58 Å². The Labute approximate surface area is 118 Å². The molecule has 0 aliphatic carbocycles. The zero-order valence-electron chi connectivity index (χ0n) is 8.39. The number of morpholine rings is 1. The topological polar surface area (TPSA) is 29.5 Å². The van der Waals surface area contributed by atoms with Crippen LogP contribution in [-0.2, 0) is 9.53 Å². The monoisotopic (exact) mass is 349 g/mol. The van der Waals surface area contributed by atoms with E-state index in [2.05, 4.69) is 15.9 Å². The van der Waals surface area contributed by atoms with Crippen molar-refractivity contribution in [3.63, 3.8) is 0 Å². The Kier molecular flexibility index (Phi) is 5.88. The quantitative estimate of drug-likeness (QED) is 0.578. The maximum atomic E-state index is 11.5. The lowest BCUT2D eigenvalue weighted by Crippen LogP contribution is -2.36. The van der Waals surface area contributed by atoms with E-state index in [0.717, 1.165) is 18.8 Å². The third-order valence-corrected chi connectivity index (χ3v) is 3.26. The molecule has 0 aromatic rings. The van der Waals surface area contributed by atoms with E-state index in [1.165, 1.54) is 6.08 Å². The van der Waals surface area contributed by atoms with Crippen molar-refractivity contribution in [2.75, 3.05) is 31.6 Å². The molecule has 1 aliphatic rings. The number of carbonyl (C=O) groups excluding carboxylic acids is 1. The largest absolute Gasteiger partial charge is 0.378 e. The van der Waals surface area contributed by atoms with Crippen LogP contribution < -0.4 is 0 Å². The Morgan fingerprint density at radius 3 is 2.38 bits per heavy atom. The van der Waals surface area contributed by atoms with Gasteiger partial charge in [0.2, 0.25) is 5.78 Å². The molecule has 1 fully saturated rings. The molecule has 0 aromatic carbocycles. The first-order valence-corrected chi connectivity index (χ1v) is 6.91. The predicted octanol–water partition coefficient (Wildman–Crippen LogP) is 2.54. The molecule has 0 aromatic heterocycles. The Hall–Kier alpha value is 0.520. The predicted molar refractivity (Wildman–Crippen MR) is 69.6 cm³/mol. The standard InChI is InChI=1S/C9H11BrCl3NO2/c10-6-7(5-8(15)9(11,12)13)14-1-3-16-4-2-14/h5H,1-4,6H2/b7-5+. The van der Waals surface area contributed by atoms with Crippen LogP contribution in [0.2, 0.25) is 0 Å². The third-order valence-electron chi connectivity index (χ3n) is 2.13. The third kappa shape index (κ3) is 4.41. The van der Waals surface area contributed by atoms with Gasteiger partial charge in [0.1, 0.15) is 0 Å². The van der Waals surface area contributed by atoms with Gasteiger partial charge in [-0.25, -0.2) is 0 Å². The number of ether oxygens (including phenoxy) is 1. The number of hydrogen-bond donors (Lipinski definition) is 0. The van der Waals surface area contributed by atoms with Gasteiger partial charge in [0.15, 0.2) is 0 Å². The number of rotatable bonds is 3. The van der Waals surface area contributed by atoms with Crippen molar-refractivity contribution in [3.8, 4) is 0 Å². The van der Waals surface area contributed by atoms with Crippen molar-refractivity contribution in [1.82, 2.24) is 4.90 Å². The second-order valence-electron chi connectivity index (χ2n) is 3.23. The van der Waals surface area contributed by atoms with Gasteiger partial charge in [-0.05, 0) is 0 Å². The van der Waals surface area contributed by atoms with Crippen molar-refractivity contribution in [2.45, 2.75) is 3.79 Å². The first-order chi connectivity index (χ1) is 7.45. The molecule has 3 nitrogen and oxygen atoms in total. The first kappa shape index (κ1) is 14.6. The van der Waals surface area contributed by atoms with E-state index in [-0.39, 0.29) is 0 Å². The molecule has 0 amide bonds. The van der Waals surface area contributed by atoms with Crippen molar-refractivity contribution in [2.24, 2.45) is 0 Å². The van der Waals surface area contributed by atoms with E-state index in [1.807, 2.05) is 4.90 Å². The summed E-state index contributed by atoms with van der Waals surface area (Å²) in [6.45, 7) is 2.77. The van der Waals surface area contributed by atoms with E-state index in [4.69, 9.17) is 39.5 Å². The Morgan fingerprint density at radius 2 is 1.94 bits per heavy atom. The number of allylic oxidation sites excluding steroid dienone is 2. The van der Waals surface area contributed by atoms with Crippen molar-refractivity contribution >= 4 is 56.5 Å². The minimum atomic E-state index is -1.89. The molecule has 1 saturated heterocycles. The Bertz CT molecular complexity index is 285. The smallest absolute Gasteiger partial charge is 0.252 e. The molecule has 7 heteroatoms. The minimum absolute atomic E-state index is 0.529. The molecule has 16 heavy (non-hydrogen) atoms. The molecule has 0 bridgehead atoms. The highest BCUT2D eigenvalue weighted by atomic mass is 79.9. The van der Waals surface area contributed by atoms with Gasteiger partial charge in [-0.3, -0.25) is 4.79 Å². The molecule has 1 heterocycles. The molecule has 0 radical (unpaired) electrons. The lowest BCUT2D eigenvalue weighted by atomic mass is 10.3. The van der Waals surface area contributed by atoms with E-state index >= 15 is 0 Å². The van der Waals surface area contributed by atoms with Crippen molar-refractivity contribution < 1.29 is 9.53 Å². The summed E-state index contributed by atoms with van der Waals surface area (Å²) in [4.78, 5) is 13.6. The Balaban J connectivity index is 2.72. The summed E-state index contributed by atoms with van der Waals surface area (Å²) < 4.78 is 3.33. The van der Waals surface area contributed by atoms with Gasteiger partial charge in [-0.2, -0.15) is 0 Å². The molecule has 92 valence electrons. The van der Waals surface area contributed by atoms with Crippen LogP contribution in [0.3, 0.4) is 0 Å². The molecule has 0 unspecified atom stereocenters. The zero-order valence-corrected chi connectivity index (χ0v) is 12.2. The summed E-state index contributed by atoms with van der Waals surface area (Å²) in [5.74, 6) is -0.529. The van der Waals surface area contributed by atoms with Gasteiger partial charge in [-0.15, -0.1) is 0 Å². The van der Waals surface area contributed by atoms with Crippen molar-refractivity contribution in [1.29, 1.82) is 0 Å². The number of carbonyl (C=O) groups is 1. The molecule has 0 atom stereocenters. The van der Waals surface area contributed by atoms with Crippen LogP contribution in [0.5, 0.6) is 0 Å². The van der Waals surface area contributed by atoms with Crippen LogP contribution in [0.25, 0.3) is 0 Å². The van der Waals surface area contributed by atoms with Crippen LogP contribution in [-0.4, -0.2) is 46.1 Å². The van der Waals surface area contributed by atoms with E-state index in [9.17, 15) is 4.79 Å². The average Bonchev–Trinajstić information content (AvgIpc) is 2.25. The van der Waals surface area contributed by atoms with Crippen LogP contribution in [0.4, 0.5) is 0 Å². The summed E-state index contributed by atoms with van der Waals surface area (Å²) in [6.07, 6.45) is 1.37. The maximum Gasteiger partial charge on any atom is 0.252 e. The molecule has 1 aliphatic heterocycles. The number of alkyl halides is 4. The highest BCUT2D eigenvalue weighted by Gasteiger charge is 2.29. The van der Waals surface area contributed by atoms with Gasteiger partial charge in [0.05, 0.1) is 13.2 Å². The highest BCUT2D eigenvalue weighted by Crippen LogP contribution is 2.28. The maximum absolute atomic E-state index is 11.5. The minimum Gasteiger partial charge on any atom is -0.378 e. The van der Waals surface area contributed by atoms with E-state index in [1.54, 1.807) is 0 Å². The number of ketones is 1. The Morgan fingerprint density at radius 1 is 1.38 bits per heavy atom. The molecular weight excluding hydrogens is 340 g/mol. The second kappa shape index (κ2) is 6.45. The molecule has 1 rings (SSSR count). The number of nitrogens with zero attached hydrogens (tertiary/aromatic N) is 1. The van der Waals surface area contributed by atoms with Crippen LogP contribution in [0.15, 0.2) is 11.8 Å². The van der Waals surface area contributed by atoms with Gasteiger partial charge in [0, 0.05) is 30.2 Å². The molecular formula is C9H11BrCl3NO2. The summed E-state index contributed by atoms with van der Waals surface area (Å²) in [5, 5.41) is 0.541. The number of hydrogen-bond acceptors (Lipinski definition) is 3. The van der Waals surface area contributed by atoms with Crippen LogP contribution >= 0.6 is 50.7 Å². The fraction of sp³-hybridized carbons (Fsp3) is 0.667. The highest BCUT2D eigenvalue weighted by molar-refractivity contribution is 9.09. The normalized spacial score (nSPS) is 18.8. The van der Waals surface area contributed by atoms with Crippen LogP contribution in [0.1, 0.15) is 0 Å². The number of halogens is 4. The lowest BCUT2D eigenvalue weighted by molar-refractivity contribution is -0.113. The SMILES string of the molecule is O=C(/C=C(\CBr)N1CCOCC1)C(Cl)(Cl)Cl. The summed E-state index contributed by atoms with van der Waals surface area (Å²) in [7, 11) is 0. The molecule has 0 spiro atoms. The summed E-state index contributed by atoms with van der Waals surface area (Å²) in [6, 6.07) is 0. The summed E-state index contributed by atoms with van der Waals surface area (Å²) >= 11 is 19.8. The van der Waals surface area contributed by atoms with Crippen molar-refractivity contribution in [3.05, 3.63) is 11.8 Å². The fourth-order valence-corrected chi connectivity index (χ4v) is 1.98.